The molecule has 0 radical (unpaired) electrons. The number of nitrogens with one attached hydrogen (secondary N) is 2. The Kier molecular flexibility index (Phi) is 6.46. The molecule has 0 aliphatic rings. The molecule has 3 aromatic rings. The number of furan rings is 1. The second kappa shape index (κ2) is 9.20. The van der Waals surface area contributed by atoms with E-state index in [0.29, 0.717) is 34.2 Å². The Balaban J connectivity index is 1.61. The van der Waals surface area contributed by atoms with Crippen LogP contribution in [0.2, 0.25) is 0 Å². The highest BCUT2D eigenvalue weighted by atomic mass is 32.1. The summed E-state index contributed by atoms with van der Waals surface area (Å²) < 4.78 is 5.04. The summed E-state index contributed by atoms with van der Waals surface area (Å²) in [5, 5.41) is 6.02. The molecule has 0 atom stereocenters. The van der Waals surface area contributed by atoms with E-state index in [4.69, 9.17) is 4.42 Å². The Labute approximate surface area is 172 Å². The maximum absolute atomic E-state index is 12.5. The second-order valence-corrected chi connectivity index (χ2v) is 7.19. The molecule has 150 valence electrons. The number of carbonyl (C=O) groups is 3. The van der Waals surface area contributed by atoms with Crippen molar-refractivity contribution in [2.24, 2.45) is 0 Å². The molecule has 0 unspecified atom stereocenters. The van der Waals surface area contributed by atoms with E-state index >= 15 is 0 Å². The zero-order chi connectivity index (χ0) is 20.8. The number of rotatable bonds is 7. The SMILES string of the molecule is CCN(CC)C(=O)c1ccc(NC(=O)c2ccc(NC(=O)c3ccco3)s2)cc1. The molecule has 2 N–H and O–H groups in total. The molecule has 3 rings (SSSR count). The van der Waals surface area contributed by atoms with Gasteiger partial charge in [0, 0.05) is 24.3 Å². The molecule has 0 saturated carbocycles. The molecule has 2 aromatic heterocycles. The minimum absolute atomic E-state index is 0.0388. The smallest absolute Gasteiger partial charge is 0.291 e. The molecule has 0 fully saturated rings. The van der Waals surface area contributed by atoms with E-state index in [1.54, 1.807) is 53.4 Å². The lowest BCUT2D eigenvalue weighted by Crippen LogP contribution is -2.30. The summed E-state index contributed by atoms with van der Waals surface area (Å²) in [5.41, 5.74) is 1.16. The molecule has 0 spiro atoms. The predicted octanol–water partition coefficient (Wildman–Crippen LogP) is 4.33. The van der Waals surface area contributed by atoms with Crippen molar-refractivity contribution in [3.8, 4) is 0 Å². The van der Waals surface area contributed by atoms with Gasteiger partial charge in [-0.3, -0.25) is 14.4 Å². The Bertz CT molecular complexity index is 989. The number of hydrogen-bond acceptors (Lipinski definition) is 5. The maximum atomic E-state index is 12.5. The van der Waals surface area contributed by atoms with Gasteiger partial charge >= 0.3 is 0 Å². The normalized spacial score (nSPS) is 10.4. The van der Waals surface area contributed by atoms with Crippen molar-refractivity contribution in [1.82, 2.24) is 4.90 Å². The van der Waals surface area contributed by atoms with Crippen molar-refractivity contribution in [3.63, 3.8) is 0 Å². The lowest BCUT2D eigenvalue weighted by atomic mass is 10.1. The molecule has 0 aliphatic carbocycles. The van der Waals surface area contributed by atoms with Gasteiger partial charge < -0.3 is 20.0 Å². The van der Waals surface area contributed by atoms with Gasteiger partial charge in [0.05, 0.1) is 16.1 Å². The van der Waals surface area contributed by atoms with Crippen molar-refractivity contribution in [1.29, 1.82) is 0 Å². The first-order valence-electron chi connectivity index (χ1n) is 9.17. The van der Waals surface area contributed by atoms with Gasteiger partial charge in [0.1, 0.15) is 0 Å². The molecule has 3 amide bonds. The van der Waals surface area contributed by atoms with Crippen LogP contribution >= 0.6 is 11.3 Å². The third-order valence-corrected chi connectivity index (χ3v) is 5.25. The molecule has 7 nitrogen and oxygen atoms in total. The number of nitrogens with zero attached hydrogens (tertiary/aromatic N) is 1. The van der Waals surface area contributed by atoms with Gasteiger partial charge in [-0.25, -0.2) is 0 Å². The van der Waals surface area contributed by atoms with Crippen LogP contribution in [0.4, 0.5) is 10.7 Å². The van der Waals surface area contributed by atoms with Crippen LogP contribution in [-0.2, 0) is 0 Å². The molecule has 2 heterocycles. The monoisotopic (exact) mass is 411 g/mol. The minimum Gasteiger partial charge on any atom is -0.459 e. The molecule has 0 aliphatic heterocycles. The van der Waals surface area contributed by atoms with Gasteiger partial charge in [0.2, 0.25) is 0 Å². The van der Waals surface area contributed by atoms with Crippen LogP contribution in [0.3, 0.4) is 0 Å². The Morgan fingerprint density at radius 1 is 0.931 bits per heavy atom. The van der Waals surface area contributed by atoms with Crippen LogP contribution < -0.4 is 10.6 Å². The van der Waals surface area contributed by atoms with E-state index in [0.717, 1.165) is 11.3 Å². The fraction of sp³-hybridized carbons (Fsp3) is 0.190. The van der Waals surface area contributed by atoms with Gasteiger partial charge in [-0.05, 0) is 62.4 Å². The highest BCUT2D eigenvalue weighted by Gasteiger charge is 2.15. The van der Waals surface area contributed by atoms with Crippen LogP contribution in [0.1, 0.15) is 44.4 Å². The van der Waals surface area contributed by atoms with Gasteiger partial charge in [0.15, 0.2) is 5.76 Å². The first-order valence-corrected chi connectivity index (χ1v) is 9.98. The summed E-state index contributed by atoms with van der Waals surface area (Å²) in [5.74, 6) is -0.514. The lowest BCUT2D eigenvalue weighted by molar-refractivity contribution is 0.0772. The zero-order valence-corrected chi connectivity index (χ0v) is 16.9. The van der Waals surface area contributed by atoms with Crippen molar-refractivity contribution < 1.29 is 18.8 Å². The van der Waals surface area contributed by atoms with E-state index in [-0.39, 0.29) is 23.5 Å². The molecule has 0 bridgehead atoms. The largest absolute Gasteiger partial charge is 0.459 e. The average Bonchev–Trinajstić information content (AvgIpc) is 3.41. The standard InChI is InChI=1S/C21H21N3O4S/c1-3-24(4-2)21(27)14-7-9-15(10-8-14)22-20(26)17-11-12-18(29-17)23-19(25)16-6-5-13-28-16/h5-13H,3-4H2,1-2H3,(H,22,26)(H,23,25). The molecular formula is C21H21N3O4S. The predicted molar refractivity (Wildman–Crippen MR) is 113 cm³/mol. The van der Waals surface area contributed by atoms with E-state index in [1.165, 1.54) is 6.26 Å². The number of anilines is 2. The van der Waals surface area contributed by atoms with Crippen molar-refractivity contribution >= 4 is 39.7 Å². The lowest BCUT2D eigenvalue weighted by Gasteiger charge is -2.18. The van der Waals surface area contributed by atoms with E-state index in [9.17, 15) is 14.4 Å². The number of thiophene rings is 1. The van der Waals surface area contributed by atoms with Crippen LogP contribution in [0.15, 0.2) is 59.2 Å². The summed E-state index contributed by atoms with van der Waals surface area (Å²) in [4.78, 5) is 39.0. The van der Waals surface area contributed by atoms with Gasteiger partial charge in [-0.1, -0.05) is 0 Å². The molecule has 29 heavy (non-hydrogen) atoms. The molecular weight excluding hydrogens is 390 g/mol. The van der Waals surface area contributed by atoms with Crippen molar-refractivity contribution in [2.75, 3.05) is 23.7 Å². The number of amides is 3. The maximum Gasteiger partial charge on any atom is 0.291 e. The number of hydrogen-bond donors (Lipinski definition) is 2. The van der Waals surface area contributed by atoms with E-state index in [2.05, 4.69) is 10.6 Å². The Morgan fingerprint density at radius 3 is 2.28 bits per heavy atom. The summed E-state index contributed by atoms with van der Waals surface area (Å²) in [6.07, 6.45) is 1.42. The fourth-order valence-corrected chi connectivity index (χ4v) is 3.49. The zero-order valence-electron chi connectivity index (χ0n) is 16.1. The average molecular weight is 411 g/mol. The summed E-state index contributed by atoms with van der Waals surface area (Å²) >= 11 is 1.16. The van der Waals surface area contributed by atoms with Crippen LogP contribution in [-0.4, -0.2) is 35.7 Å². The molecule has 0 saturated heterocycles. The topological polar surface area (TPSA) is 91.7 Å². The van der Waals surface area contributed by atoms with Crippen LogP contribution in [0, 0.1) is 0 Å². The van der Waals surface area contributed by atoms with Gasteiger partial charge in [-0.2, -0.15) is 0 Å². The third kappa shape index (κ3) is 4.91. The number of benzene rings is 1. The Morgan fingerprint density at radius 2 is 1.66 bits per heavy atom. The number of carbonyl (C=O) groups excluding carboxylic acids is 3. The van der Waals surface area contributed by atoms with E-state index in [1.807, 2.05) is 13.8 Å². The second-order valence-electron chi connectivity index (χ2n) is 6.10. The highest BCUT2D eigenvalue weighted by Crippen LogP contribution is 2.24. The Hall–Kier alpha value is -3.39. The van der Waals surface area contributed by atoms with Gasteiger partial charge in [0.25, 0.3) is 17.7 Å². The summed E-state index contributed by atoms with van der Waals surface area (Å²) in [6.45, 7) is 5.15. The molecule has 1 aromatic carbocycles. The fourth-order valence-electron chi connectivity index (χ4n) is 2.69. The van der Waals surface area contributed by atoms with Crippen LogP contribution in [0.25, 0.3) is 0 Å². The van der Waals surface area contributed by atoms with E-state index < -0.39 is 0 Å². The quantitative estimate of drug-likeness (QED) is 0.605. The molecule has 8 heteroatoms. The summed E-state index contributed by atoms with van der Waals surface area (Å²) in [6, 6.07) is 13.3. The first kappa shape index (κ1) is 20.3. The summed E-state index contributed by atoms with van der Waals surface area (Å²) in [7, 11) is 0. The van der Waals surface area contributed by atoms with Crippen molar-refractivity contribution in [2.45, 2.75) is 13.8 Å². The van der Waals surface area contributed by atoms with Crippen LogP contribution in [0.5, 0.6) is 0 Å². The van der Waals surface area contributed by atoms with Gasteiger partial charge in [-0.15, -0.1) is 11.3 Å². The highest BCUT2D eigenvalue weighted by molar-refractivity contribution is 7.18. The third-order valence-electron chi connectivity index (χ3n) is 4.25. The first-order chi connectivity index (χ1) is 14.0. The van der Waals surface area contributed by atoms with Crippen molar-refractivity contribution in [3.05, 3.63) is 71.0 Å². The minimum atomic E-state index is -0.378.